The van der Waals surface area contributed by atoms with Gasteiger partial charge < -0.3 is 4.43 Å². The average Bonchev–Trinajstić information content (AvgIpc) is 2.29. The molecular weight excluding hydrogens is 200 g/mol. The molecule has 1 aliphatic heterocycles. The molecule has 79 valence electrons. The lowest BCUT2D eigenvalue weighted by molar-refractivity contribution is 0.294. The van der Waals surface area contributed by atoms with E-state index < -0.39 is 9.04 Å². The summed E-state index contributed by atoms with van der Waals surface area (Å²) in [6.07, 6.45) is 4.81. The van der Waals surface area contributed by atoms with Crippen LogP contribution in [0.1, 0.15) is 24.0 Å². The van der Waals surface area contributed by atoms with Crippen LogP contribution in [-0.4, -0.2) is 15.6 Å². The molecule has 1 aromatic carbocycles. The molecule has 0 aromatic heterocycles. The van der Waals surface area contributed by atoms with E-state index in [1.807, 2.05) is 0 Å². The summed E-state index contributed by atoms with van der Waals surface area (Å²) in [4.78, 5) is 0. The molecule has 0 amide bonds. The summed E-state index contributed by atoms with van der Waals surface area (Å²) in [5.41, 5.74) is 4.96. The number of aryl methyl sites for hydroxylation is 1. The first-order chi connectivity index (χ1) is 7.36. The van der Waals surface area contributed by atoms with Gasteiger partial charge in [0.25, 0.3) is 0 Å². The molecule has 1 saturated heterocycles. The Morgan fingerprint density at radius 1 is 1.27 bits per heavy atom. The number of hydrogen-bond acceptors (Lipinski definition) is 1. The molecule has 1 radical (unpaired) electrons. The lowest BCUT2D eigenvalue weighted by atomic mass is 10.1. The molecule has 2 rings (SSSR count). The zero-order valence-corrected chi connectivity index (χ0v) is 10.2. The second-order valence-electron chi connectivity index (χ2n) is 3.96. The van der Waals surface area contributed by atoms with E-state index in [9.17, 15) is 0 Å². The summed E-state index contributed by atoms with van der Waals surface area (Å²) in [7, 11) is -0.643. The number of rotatable bonds is 2. The summed E-state index contributed by atoms with van der Waals surface area (Å²) in [5.74, 6) is 0. The molecule has 0 bridgehead atoms. The van der Waals surface area contributed by atoms with Crippen molar-refractivity contribution in [3.63, 3.8) is 0 Å². The molecule has 0 unspecified atom stereocenters. The fourth-order valence-corrected chi connectivity index (χ4v) is 3.54. The summed E-state index contributed by atoms with van der Waals surface area (Å²) in [6.45, 7) is 3.12. The molecule has 0 atom stereocenters. The Hall–Kier alpha value is -0.863. The second-order valence-corrected chi connectivity index (χ2v) is 6.02. The minimum absolute atomic E-state index is 0.643. The van der Waals surface area contributed by atoms with Crippen LogP contribution in [-0.2, 0) is 4.43 Å². The maximum Gasteiger partial charge on any atom is 0.239 e. The highest BCUT2D eigenvalue weighted by Gasteiger charge is 2.13. The van der Waals surface area contributed by atoms with Crippen molar-refractivity contribution in [2.24, 2.45) is 0 Å². The van der Waals surface area contributed by atoms with Gasteiger partial charge in [0.15, 0.2) is 0 Å². The predicted molar refractivity (Wildman–Crippen MR) is 66.0 cm³/mol. The van der Waals surface area contributed by atoms with Gasteiger partial charge in [-0.05, 0) is 30.5 Å². The van der Waals surface area contributed by atoms with Crippen LogP contribution in [0, 0.1) is 6.92 Å². The van der Waals surface area contributed by atoms with Crippen molar-refractivity contribution in [1.29, 1.82) is 0 Å². The van der Waals surface area contributed by atoms with Crippen molar-refractivity contribution in [3.05, 3.63) is 41.1 Å². The molecule has 0 spiro atoms. The van der Waals surface area contributed by atoms with Gasteiger partial charge in [0.2, 0.25) is 9.04 Å². The topological polar surface area (TPSA) is 9.23 Å². The maximum atomic E-state index is 5.75. The molecular formula is C13H17OSi. The Balaban J connectivity index is 2.01. The fraction of sp³-hybridized carbons (Fsp3) is 0.385. The molecule has 15 heavy (non-hydrogen) atoms. The lowest BCUT2D eigenvalue weighted by Crippen LogP contribution is -2.20. The zero-order valence-electron chi connectivity index (χ0n) is 9.20. The van der Waals surface area contributed by atoms with Crippen molar-refractivity contribution in [3.8, 4) is 0 Å². The van der Waals surface area contributed by atoms with Crippen LogP contribution in [0.5, 0.6) is 0 Å². The van der Waals surface area contributed by atoms with Gasteiger partial charge >= 0.3 is 0 Å². The first kappa shape index (κ1) is 10.6. The van der Waals surface area contributed by atoms with E-state index in [0.717, 1.165) is 6.61 Å². The van der Waals surface area contributed by atoms with Gasteiger partial charge in [-0.15, -0.1) is 0 Å². The molecule has 1 heterocycles. The van der Waals surface area contributed by atoms with E-state index in [2.05, 4.69) is 43.0 Å². The van der Waals surface area contributed by atoms with Gasteiger partial charge in [0.05, 0.1) is 0 Å². The van der Waals surface area contributed by atoms with E-state index in [1.165, 1.54) is 30.0 Å². The first-order valence-electron chi connectivity index (χ1n) is 5.58. The van der Waals surface area contributed by atoms with Crippen LogP contribution in [0.25, 0.3) is 6.08 Å². The minimum atomic E-state index is -0.643. The zero-order chi connectivity index (χ0) is 10.5. The molecule has 1 fully saturated rings. The Kier molecular flexibility index (Phi) is 3.75. The summed E-state index contributed by atoms with van der Waals surface area (Å²) < 4.78 is 5.75. The van der Waals surface area contributed by atoms with Gasteiger partial charge in [-0.1, -0.05) is 42.5 Å². The van der Waals surface area contributed by atoms with E-state index in [4.69, 9.17) is 4.43 Å². The Morgan fingerprint density at radius 3 is 2.87 bits per heavy atom. The van der Waals surface area contributed by atoms with Gasteiger partial charge in [0, 0.05) is 6.61 Å². The quantitative estimate of drug-likeness (QED) is 0.690. The summed E-state index contributed by atoms with van der Waals surface area (Å²) >= 11 is 0. The molecule has 1 nitrogen and oxygen atoms in total. The van der Waals surface area contributed by atoms with Crippen LogP contribution in [0.15, 0.2) is 30.0 Å². The minimum Gasteiger partial charge on any atom is -0.412 e. The van der Waals surface area contributed by atoms with Crippen LogP contribution in [0.4, 0.5) is 0 Å². The molecule has 1 aromatic rings. The summed E-state index contributed by atoms with van der Waals surface area (Å²) in [5, 5.41) is 0. The average molecular weight is 217 g/mol. The monoisotopic (exact) mass is 217 g/mol. The van der Waals surface area contributed by atoms with Crippen molar-refractivity contribution in [2.45, 2.75) is 25.8 Å². The Morgan fingerprint density at radius 2 is 2.13 bits per heavy atom. The third kappa shape index (κ3) is 3.04. The van der Waals surface area contributed by atoms with E-state index >= 15 is 0 Å². The van der Waals surface area contributed by atoms with Crippen molar-refractivity contribution >= 4 is 15.1 Å². The van der Waals surface area contributed by atoms with Crippen molar-refractivity contribution < 1.29 is 4.43 Å². The molecule has 1 aliphatic rings. The van der Waals surface area contributed by atoms with Gasteiger partial charge in [-0.3, -0.25) is 0 Å². The Labute approximate surface area is 93.5 Å². The van der Waals surface area contributed by atoms with Crippen molar-refractivity contribution in [1.82, 2.24) is 0 Å². The van der Waals surface area contributed by atoms with Gasteiger partial charge in [0.1, 0.15) is 0 Å². The van der Waals surface area contributed by atoms with Crippen LogP contribution < -0.4 is 0 Å². The highest BCUT2D eigenvalue weighted by molar-refractivity contribution is 6.58. The third-order valence-electron chi connectivity index (χ3n) is 2.74. The molecule has 2 heteroatoms. The van der Waals surface area contributed by atoms with Crippen LogP contribution in [0.3, 0.4) is 0 Å². The highest BCUT2D eigenvalue weighted by atomic mass is 28.3. The van der Waals surface area contributed by atoms with Gasteiger partial charge in [-0.25, -0.2) is 0 Å². The largest absolute Gasteiger partial charge is 0.412 e. The maximum absolute atomic E-state index is 5.75. The van der Waals surface area contributed by atoms with E-state index in [-0.39, 0.29) is 0 Å². The van der Waals surface area contributed by atoms with Crippen LogP contribution >= 0.6 is 0 Å². The lowest BCUT2D eigenvalue weighted by Gasteiger charge is -2.16. The Bertz CT molecular complexity index is 340. The highest BCUT2D eigenvalue weighted by Crippen LogP contribution is 2.14. The van der Waals surface area contributed by atoms with E-state index in [1.54, 1.807) is 0 Å². The fourth-order valence-electron chi connectivity index (χ4n) is 1.76. The SMILES string of the molecule is Cc1ccccc1/C=C/[Si]1CCCCO1. The smallest absolute Gasteiger partial charge is 0.239 e. The molecule has 0 N–H and O–H groups in total. The third-order valence-corrected chi connectivity index (χ3v) is 4.70. The van der Waals surface area contributed by atoms with Gasteiger partial charge in [-0.2, -0.15) is 0 Å². The molecule has 0 aliphatic carbocycles. The number of hydrogen-bond donors (Lipinski definition) is 0. The number of benzene rings is 1. The van der Waals surface area contributed by atoms with Crippen LogP contribution in [0.2, 0.25) is 6.04 Å². The van der Waals surface area contributed by atoms with Crippen molar-refractivity contribution in [2.75, 3.05) is 6.61 Å². The second kappa shape index (κ2) is 5.28. The van der Waals surface area contributed by atoms with E-state index in [0.29, 0.717) is 0 Å². The summed E-state index contributed by atoms with van der Waals surface area (Å²) in [6, 6.07) is 9.76. The standard InChI is InChI=1S/C13H17OSi/c1-12-6-2-3-7-13(12)8-11-15-10-5-4-9-14-15/h2-3,6-8,11H,4-5,9-10H2,1H3/b11-8+. The molecule has 0 saturated carbocycles. The predicted octanol–water partition coefficient (Wildman–Crippen LogP) is 3.35. The first-order valence-corrected chi connectivity index (χ1v) is 7.28. The normalized spacial score (nSPS) is 18.5.